The van der Waals surface area contributed by atoms with E-state index in [0.717, 1.165) is 5.56 Å². The molecule has 6 nitrogen and oxygen atoms in total. The summed E-state index contributed by atoms with van der Waals surface area (Å²) in [5.41, 5.74) is 1.01. The molecule has 1 aliphatic heterocycles. The van der Waals surface area contributed by atoms with Crippen LogP contribution in [0.1, 0.15) is 18.5 Å². The normalized spacial score (nSPS) is 18.9. The van der Waals surface area contributed by atoms with Gasteiger partial charge in [0.25, 0.3) is 0 Å². The summed E-state index contributed by atoms with van der Waals surface area (Å²) in [6.45, 7) is 5.37. The molecule has 1 unspecified atom stereocenters. The molecule has 0 spiro atoms. The van der Waals surface area contributed by atoms with Gasteiger partial charge in [0.2, 0.25) is 10.0 Å². The van der Waals surface area contributed by atoms with Crippen molar-refractivity contribution in [1.29, 1.82) is 0 Å². The highest BCUT2D eigenvalue weighted by molar-refractivity contribution is 7.89. The maximum atomic E-state index is 13.3. The first kappa shape index (κ1) is 20.8. The van der Waals surface area contributed by atoms with Gasteiger partial charge in [-0.05, 0) is 43.8 Å². The van der Waals surface area contributed by atoms with Crippen LogP contribution in [0.15, 0.2) is 59.5 Å². The Morgan fingerprint density at radius 3 is 2.39 bits per heavy atom. The van der Waals surface area contributed by atoms with E-state index in [1.165, 1.54) is 0 Å². The summed E-state index contributed by atoms with van der Waals surface area (Å²) >= 11 is 0. The Morgan fingerprint density at radius 2 is 1.71 bits per heavy atom. The van der Waals surface area contributed by atoms with Crippen molar-refractivity contribution < 1.29 is 17.9 Å². The third-order valence-corrected chi connectivity index (χ3v) is 6.77. The topological polar surface area (TPSA) is 59.1 Å². The molecule has 0 bridgehead atoms. The fourth-order valence-electron chi connectivity index (χ4n) is 3.34. The lowest BCUT2D eigenvalue weighted by Gasteiger charge is -2.39. The summed E-state index contributed by atoms with van der Waals surface area (Å²) in [4.78, 5) is 2.45. The number of ether oxygens (including phenoxy) is 2. The van der Waals surface area contributed by atoms with Crippen molar-refractivity contribution in [3.05, 3.63) is 60.2 Å². The molecule has 1 saturated heterocycles. The molecule has 1 aliphatic rings. The van der Waals surface area contributed by atoms with Crippen LogP contribution < -0.4 is 4.74 Å². The Morgan fingerprint density at radius 1 is 1.00 bits per heavy atom. The monoisotopic (exact) mass is 404 g/mol. The molecule has 1 fully saturated rings. The summed E-state index contributed by atoms with van der Waals surface area (Å²) in [5, 5.41) is 0. The molecule has 3 rings (SSSR count). The Hall–Kier alpha value is -1.93. The highest BCUT2D eigenvalue weighted by atomic mass is 32.2. The number of nitrogens with zero attached hydrogens (tertiary/aromatic N) is 2. The average Bonchev–Trinajstić information content (AvgIpc) is 2.72. The molecule has 7 heteroatoms. The predicted octanol–water partition coefficient (Wildman–Crippen LogP) is 2.78. The zero-order chi connectivity index (χ0) is 20.0. The van der Waals surface area contributed by atoms with Crippen LogP contribution in [-0.4, -0.2) is 64.1 Å². The van der Waals surface area contributed by atoms with Gasteiger partial charge in [-0.1, -0.05) is 30.3 Å². The van der Waals surface area contributed by atoms with Crippen LogP contribution in [-0.2, 0) is 14.8 Å². The van der Waals surface area contributed by atoms with E-state index in [-0.39, 0.29) is 10.9 Å². The van der Waals surface area contributed by atoms with E-state index >= 15 is 0 Å². The van der Waals surface area contributed by atoms with Gasteiger partial charge in [0.05, 0.1) is 17.5 Å². The second-order valence-corrected chi connectivity index (χ2v) is 8.71. The molecule has 0 aromatic heterocycles. The minimum Gasteiger partial charge on any atom is -0.491 e. The van der Waals surface area contributed by atoms with E-state index in [1.807, 2.05) is 44.3 Å². The van der Waals surface area contributed by atoms with Crippen molar-refractivity contribution in [3.8, 4) is 5.75 Å². The lowest BCUT2D eigenvalue weighted by atomic mass is 10.1. The number of hydrogen-bond acceptors (Lipinski definition) is 5. The first-order valence-corrected chi connectivity index (χ1v) is 11.0. The smallest absolute Gasteiger partial charge is 0.243 e. The Balaban J connectivity index is 1.78. The number of hydrogen-bond donors (Lipinski definition) is 0. The van der Waals surface area contributed by atoms with E-state index < -0.39 is 10.0 Å². The molecule has 28 heavy (non-hydrogen) atoms. The van der Waals surface area contributed by atoms with Crippen molar-refractivity contribution in [1.82, 2.24) is 9.21 Å². The summed E-state index contributed by atoms with van der Waals surface area (Å²) < 4.78 is 39.1. The standard InChI is InChI=1S/C21H28N2O4S/c1-3-26-15-16-27-19-9-11-20(12-10-19)28(24,25)23-14-13-22(2)17-21(23)18-7-5-4-6-8-18/h4-12,21H,3,13-17H2,1-2H3. The molecule has 152 valence electrons. The maximum Gasteiger partial charge on any atom is 0.243 e. The van der Waals surface area contributed by atoms with Crippen molar-refractivity contribution >= 4 is 10.0 Å². The third-order valence-electron chi connectivity index (χ3n) is 4.85. The minimum atomic E-state index is -3.60. The molecule has 0 aliphatic carbocycles. The summed E-state index contributed by atoms with van der Waals surface area (Å²) in [7, 11) is -1.58. The molecule has 0 radical (unpaired) electrons. The third kappa shape index (κ3) is 4.91. The van der Waals surface area contributed by atoms with Gasteiger partial charge in [0.15, 0.2) is 0 Å². The fraction of sp³-hybridized carbons (Fsp3) is 0.429. The van der Waals surface area contributed by atoms with Gasteiger partial charge in [-0.3, -0.25) is 0 Å². The van der Waals surface area contributed by atoms with E-state index in [1.54, 1.807) is 28.6 Å². The maximum absolute atomic E-state index is 13.3. The number of sulfonamides is 1. The van der Waals surface area contributed by atoms with Crippen LogP contribution in [0.3, 0.4) is 0 Å². The summed E-state index contributed by atoms with van der Waals surface area (Å²) in [6, 6.07) is 16.2. The van der Waals surface area contributed by atoms with Gasteiger partial charge < -0.3 is 14.4 Å². The lowest BCUT2D eigenvalue weighted by Crippen LogP contribution is -2.49. The van der Waals surface area contributed by atoms with Gasteiger partial charge in [-0.15, -0.1) is 0 Å². The first-order chi connectivity index (χ1) is 13.5. The van der Waals surface area contributed by atoms with E-state index in [2.05, 4.69) is 4.90 Å². The van der Waals surface area contributed by atoms with Crippen molar-refractivity contribution in [2.24, 2.45) is 0 Å². The van der Waals surface area contributed by atoms with E-state index in [0.29, 0.717) is 45.2 Å². The van der Waals surface area contributed by atoms with E-state index in [9.17, 15) is 8.42 Å². The Kier molecular flexibility index (Phi) is 7.07. The zero-order valence-electron chi connectivity index (χ0n) is 16.5. The highest BCUT2D eigenvalue weighted by Gasteiger charge is 2.36. The number of piperazine rings is 1. The van der Waals surface area contributed by atoms with Gasteiger partial charge in [0, 0.05) is 26.2 Å². The molecule has 0 saturated carbocycles. The van der Waals surface area contributed by atoms with Crippen LogP contribution in [0.5, 0.6) is 5.75 Å². The van der Waals surface area contributed by atoms with Crippen LogP contribution in [0.2, 0.25) is 0 Å². The molecule has 1 heterocycles. The fourth-order valence-corrected chi connectivity index (χ4v) is 4.94. The number of benzene rings is 2. The van der Waals surface area contributed by atoms with Crippen LogP contribution in [0, 0.1) is 0 Å². The molecule has 2 aromatic carbocycles. The SMILES string of the molecule is CCOCCOc1ccc(S(=O)(=O)N2CCN(C)CC2c2ccccc2)cc1. The molecule has 2 aromatic rings. The van der Waals surface area contributed by atoms with Crippen LogP contribution >= 0.6 is 0 Å². The van der Waals surface area contributed by atoms with Crippen molar-refractivity contribution in [3.63, 3.8) is 0 Å². The zero-order valence-corrected chi connectivity index (χ0v) is 17.3. The number of rotatable bonds is 8. The van der Waals surface area contributed by atoms with Crippen LogP contribution in [0.25, 0.3) is 0 Å². The van der Waals surface area contributed by atoms with Gasteiger partial charge in [0.1, 0.15) is 12.4 Å². The second kappa shape index (κ2) is 9.52. The Bertz CT molecular complexity index is 840. The van der Waals surface area contributed by atoms with Crippen molar-refractivity contribution in [2.75, 3.05) is 46.5 Å². The molecule has 0 amide bonds. The predicted molar refractivity (Wildman–Crippen MR) is 109 cm³/mol. The van der Waals surface area contributed by atoms with Crippen LogP contribution in [0.4, 0.5) is 0 Å². The average molecular weight is 405 g/mol. The van der Waals surface area contributed by atoms with Gasteiger partial charge >= 0.3 is 0 Å². The Labute approximate surface area is 167 Å². The van der Waals surface area contributed by atoms with Crippen molar-refractivity contribution in [2.45, 2.75) is 17.9 Å². The van der Waals surface area contributed by atoms with Gasteiger partial charge in [-0.2, -0.15) is 4.31 Å². The first-order valence-electron chi connectivity index (χ1n) is 9.58. The molecular weight excluding hydrogens is 376 g/mol. The second-order valence-electron chi connectivity index (χ2n) is 6.82. The largest absolute Gasteiger partial charge is 0.491 e. The molecule has 1 atom stereocenters. The molecular formula is C21H28N2O4S. The number of likely N-dealkylation sites (N-methyl/N-ethyl adjacent to an activating group) is 1. The quantitative estimate of drug-likeness (QED) is 0.633. The van der Waals surface area contributed by atoms with Gasteiger partial charge in [-0.25, -0.2) is 8.42 Å². The highest BCUT2D eigenvalue weighted by Crippen LogP contribution is 2.31. The summed E-state index contributed by atoms with van der Waals surface area (Å²) in [6.07, 6.45) is 0. The molecule has 0 N–H and O–H groups in total. The van der Waals surface area contributed by atoms with E-state index in [4.69, 9.17) is 9.47 Å². The summed E-state index contributed by atoms with van der Waals surface area (Å²) in [5.74, 6) is 0.636. The lowest BCUT2D eigenvalue weighted by molar-refractivity contribution is 0.110. The minimum absolute atomic E-state index is 0.202.